The molecule has 0 aliphatic carbocycles. The number of aryl methyl sites for hydroxylation is 1. The number of nitrogen functional groups attached to an aromatic ring is 1. The lowest BCUT2D eigenvalue weighted by atomic mass is 10.0. The number of anilines is 1. The first-order valence-electron chi connectivity index (χ1n) is 7.21. The highest BCUT2D eigenvalue weighted by molar-refractivity contribution is 5.94. The van der Waals surface area contributed by atoms with Crippen LogP contribution in [0.2, 0.25) is 0 Å². The fourth-order valence-electron chi connectivity index (χ4n) is 2.47. The molecule has 3 N–H and O–H groups in total. The molecule has 1 atom stereocenters. The number of ether oxygens (including phenoxy) is 1. The van der Waals surface area contributed by atoms with Crippen LogP contribution in [0.5, 0.6) is 0 Å². The van der Waals surface area contributed by atoms with Gasteiger partial charge in [-0.15, -0.1) is 0 Å². The lowest BCUT2D eigenvalue weighted by molar-refractivity contribution is 0.0206. The van der Waals surface area contributed by atoms with E-state index in [0.29, 0.717) is 17.9 Å². The SMILES string of the molecule is CCCc1cc(C(=O)NCC2(C)CCCO2)cc(N)n1. The van der Waals surface area contributed by atoms with Gasteiger partial charge in [0, 0.05) is 24.4 Å². The molecule has 0 saturated carbocycles. The number of aromatic nitrogens is 1. The minimum absolute atomic E-state index is 0.117. The molecule has 20 heavy (non-hydrogen) atoms. The molecule has 110 valence electrons. The lowest BCUT2D eigenvalue weighted by Crippen LogP contribution is -2.40. The van der Waals surface area contributed by atoms with E-state index in [1.165, 1.54) is 0 Å². The fourth-order valence-corrected chi connectivity index (χ4v) is 2.47. The molecule has 5 nitrogen and oxygen atoms in total. The Morgan fingerprint density at radius 3 is 3.00 bits per heavy atom. The summed E-state index contributed by atoms with van der Waals surface area (Å²) in [5.41, 5.74) is 6.95. The Morgan fingerprint density at radius 2 is 2.35 bits per heavy atom. The van der Waals surface area contributed by atoms with Gasteiger partial charge >= 0.3 is 0 Å². The molecular weight excluding hydrogens is 254 g/mol. The van der Waals surface area contributed by atoms with Gasteiger partial charge < -0.3 is 15.8 Å². The maximum Gasteiger partial charge on any atom is 0.251 e. The van der Waals surface area contributed by atoms with Gasteiger partial charge in [-0.25, -0.2) is 4.98 Å². The topological polar surface area (TPSA) is 77.2 Å². The van der Waals surface area contributed by atoms with Crippen molar-refractivity contribution >= 4 is 11.7 Å². The summed E-state index contributed by atoms with van der Waals surface area (Å²) in [6.45, 7) is 5.40. The van der Waals surface area contributed by atoms with Gasteiger partial charge in [0.15, 0.2) is 0 Å². The molecule has 1 unspecified atom stereocenters. The van der Waals surface area contributed by atoms with Crippen LogP contribution in [-0.2, 0) is 11.2 Å². The average molecular weight is 277 g/mol. The predicted molar refractivity (Wildman–Crippen MR) is 78.6 cm³/mol. The monoisotopic (exact) mass is 277 g/mol. The summed E-state index contributed by atoms with van der Waals surface area (Å²) in [7, 11) is 0. The largest absolute Gasteiger partial charge is 0.384 e. The molecule has 0 bridgehead atoms. The third-order valence-corrected chi connectivity index (χ3v) is 3.59. The molecule has 1 aromatic heterocycles. The van der Waals surface area contributed by atoms with E-state index in [2.05, 4.69) is 17.2 Å². The van der Waals surface area contributed by atoms with Gasteiger partial charge in [0.2, 0.25) is 0 Å². The molecule has 2 rings (SSSR count). The highest BCUT2D eigenvalue weighted by Gasteiger charge is 2.30. The second kappa shape index (κ2) is 6.22. The molecular formula is C15H23N3O2. The normalized spacial score (nSPS) is 21.9. The summed E-state index contributed by atoms with van der Waals surface area (Å²) in [6.07, 6.45) is 3.83. The minimum Gasteiger partial charge on any atom is -0.384 e. The first-order valence-corrected chi connectivity index (χ1v) is 7.21. The number of carbonyl (C=O) groups is 1. The summed E-state index contributed by atoms with van der Waals surface area (Å²) in [5.74, 6) is 0.276. The number of rotatable bonds is 5. The summed E-state index contributed by atoms with van der Waals surface area (Å²) in [6, 6.07) is 3.43. The van der Waals surface area contributed by atoms with Crippen molar-refractivity contribution in [3.05, 3.63) is 23.4 Å². The van der Waals surface area contributed by atoms with E-state index in [4.69, 9.17) is 10.5 Å². The molecule has 1 aromatic rings. The van der Waals surface area contributed by atoms with Crippen LogP contribution in [0.15, 0.2) is 12.1 Å². The van der Waals surface area contributed by atoms with Crippen molar-refractivity contribution in [2.75, 3.05) is 18.9 Å². The molecule has 2 heterocycles. The molecule has 1 aliphatic heterocycles. The minimum atomic E-state index is -0.236. The number of hydrogen-bond donors (Lipinski definition) is 2. The summed E-state index contributed by atoms with van der Waals surface area (Å²) >= 11 is 0. The number of amides is 1. The highest BCUT2D eigenvalue weighted by Crippen LogP contribution is 2.24. The molecule has 1 amide bonds. The summed E-state index contributed by atoms with van der Waals surface area (Å²) < 4.78 is 5.66. The summed E-state index contributed by atoms with van der Waals surface area (Å²) in [4.78, 5) is 16.4. The van der Waals surface area contributed by atoms with Gasteiger partial charge in [0.1, 0.15) is 5.82 Å². The Bertz CT molecular complexity index is 482. The fraction of sp³-hybridized carbons (Fsp3) is 0.600. The number of nitrogens with one attached hydrogen (secondary N) is 1. The Kier molecular flexibility index (Phi) is 4.60. The standard InChI is InChI=1S/C15H23N3O2/c1-3-5-12-8-11(9-13(16)18-12)14(19)17-10-15(2)6-4-7-20-15/h8-9H,3-7,10H2,1-2H3,(H2,16,18)(H,17,19). The van der Waals surface area contributed by atoms with Crippen molar-refractivity contribution in [1.29, 1.82) is 0 Å². The molecule has 0 aromatic carbocycles. The van der Waals surface area contributed by atoms with Gasteiger partial charge in [0.05, 0.1) is 5.60 Å². The van der Waals surface area contributed by atoms with E-state index in [1.807, 2.05) is 13.0 Å². The van der Waals surface area contributed by atoms with E-state index in [0.717, 1.165) is 38.0 Å². The van der Waals surface area contributed by atoms with Crippen molar-refractivity contribution in [1.82, 2.24) is 10.3 Å². The van der Waals surface area contributed by atoms with E-state index in [1.54, 1.807) is 6.07 Å². The molecule has 0 spiro atoms. The smallest absolute Gasteiger partial charge is 0.251 e. The van der Waals surface area contributed by atoms with Crippen LogP contribution in [0.4, 0.5) is 5.82 Å². The maximum atomic E-state index is 12.2. The quantitative estimate of drug-likeness (QED) is 0.862. The zero-order valence-corrected chi connectivity index (χ0v) is 12.2. The predicted octanol–water partition coefficient (Wildman–Crippen LogP) is 1.92. The number of pyridine rings is 1. The second-order valence-corrected chi connectivity index (χ2v) is 5.61. The second-order valence-electron chi connectivity index (χ2n) is 5.61. The van der Waals surface area contributed by atoms with Crippen molar-refractivity contribution in [3.8, 4) is 0 Å². The van der Waals surface area contributed by atoms with Crippen molar-refractivity contribution in [3.63, 3.8) is 0 Å². The lowest BCUT2D eigenvalue weighted by Gasteiger charge is -2.23. The number of nitrogens with two attached hydrogens (primary N) is 1. The van der Waals surface area contributed by atoms with E-state index < -0.39 is 0 Å². The van der Waals surface area contributed by atoms with Crippen LogP contribution in [0.1, 0.15) is 49.2 Å². The zero-order valence-electron chi connectivity index (χ0n) is 12.2. The first kappa shape index (κ1) is 14.8. The maximum absolute atomic E-state index is 12.2. The van der Waals surface area contributed by atoms with Gasteiger partial charge in [0.25, 0.3) is 5.91 Å². The summed E-state index contributed by atoms with van der Waals surface area (Å²) in [5, 5.41) is 2.93. The van der Waals surface area contributed by atoms with Crippen molar-refractivity contribution in [2.24, 2.45) is 0 Å². The van der Waals surface area contributed by atoms with Gasteiger partial charge in [-0.1, -0.05) is 13.3 Å². The third kappa shape index (κ3) is 3.70. The molecule has 5 heteroatoms. The van der Waals surface area contributed by atoms with Crippen LogP contribution in [-0.4, -0.2) is 29.6 Å². The van der Waals surface area contributed by atoms with Crippen LogP contribution in [0.3, 0.4) is 0 Å². The van der Waals surface area contributed by atoms with Gasteiger partial charge in [-0.2, -0.15) is 0 Å². The number of carbonyl (C=O) groups excluding carboxylic acids is 1. The van der Waals surface area contributed by atoms with Crippen molar-refractivity contribution in [2.45, 2.75) is 45.1 Å². The molecule has 1 fully saturated rings. The first-order chi connectivity index (χ1) is 9.52. The van der Waals surface area contributed by atoms with Crippen LogP contribution in [0.25, 0.3) is 0 Å². The van der Waals surface area contributed by atoms with Crippen LogP contribution in [0, 0.1) is 0 Å². The van der Waals surface area contributed by atoms with E-state index in [9.17, 15) is 4.79 Å². The van der Waals surface area contributed by atoms with E-state index >= 15 is 0 Å². The Labute approximate surface area is 119 Å². The number of nitrogens with zero attached hydrogens (tertiary/aromatic N) is 1. The van der Waals surface area contributed by atoms with Crippen LogP contribution < -0.4 is 11.1 Å². The Morgan fingerprint density at radius 1 is 1.55 bits per heavy atom. The third-order valence-electron chi connectivity index (χ3n) is 3.59. The van der Waals surface area contributed by atoms with Crippen LogP contribution >= 0.6 is 0 Å². The van der Waals surface area contributed by atoms with Crippen molar-refractivity contribution < 1.29 is 9.53 Å². The zero-order chi connectivity index (χ0) is 14.6. The average Bonchev–Trinajstić information content (AvgIpc) is 2.83. The van der Waals surface area contributed by atoms with Gasteiger partial charge in [-0.05, 0) is 38.3 Å². The highest BCUT2D eigenvalue weighted by atomic mass is 16.5. The number of hydrogen-bond acceptors (Lipinski definition) is 4. The molecule has 1 aliphatic rings. The molecule has 1 saturated heterocycles. The van der Waals surface area contributed by atoms with Gasteiger partial charge in [-0.3, -0.25) is 4.79 Å². The Balaban J connectivity index is 2.01. The Hall–Kier alpha value is -1.62. The molecule has 0 radical (unpaired) electrons. The van der Waals surface area contributed by atoms with E-state index in [-0.39, 0.29) is 11.5 Å².